The molecule has 47 valence electrons. The molecule has 0 heterocycles. The van der Waals surface area contributed by atoms with Crippen molar-refractivity contribution in [1.29, 1.82) is 0 Å². The van der Waals surface area contributed by atoms with Crippen molar-refractivity contribution in [1.82, 2.24) is 0 Å². The van der Waals surface area contributed by atoms with Crippen molar-refractivity contribution in [3.8, 4) is 0 Å². The maximum absolute atomic E-state index is 3.71. The third kappa shape index (κ3) is 3.74. The molecule has 4 heteroatoms. The van der Waals surface area contributed by atoms with Gasteiger partial charge in [-0.25, -0.2) is 0 Å². The molecule has 0 bridgehead atoms. The van der Waals surface area contributed by atoms with Crippen molar-refractivity contribution in [3.05, 3.63) is 14.6 Å². The Labute approximate surface area is 104 Å². The van der Waals surface area contributed by atoms with E-state index in [2.05, 4.69) is 96.9 Å². The van der Waals surface area contributed by atoms with Gasteiger partial charge in [0.05, 0.1) is 0 Å². The molecule has 0 aromatic carbocycles. The molecule has 0 aromatic rings. The Kier molecular flexibility index (Phi) is 6.02. The van der Waals surface area contributed by atoms with E-state index >= 15 is 0 Å². The predicted molar refractivity (Wildman–Crippen MR) is 72.3 cm³/mol. The van der Waals surface area contributed by atoms with Crippen molar-refractivity contribution in [2.75, 3.05) is 0 Å². The van der Waals surface area contributed by atoms with E-state index < -0.39 is 0 Å². The van der Waals surface area contributed by atoms with Crippen LogP contribution in [0.1, 0.15) is 0 Å². The number of allylic oxidation sites excluding steroid dienone is 1. The molecule has 1 radical (unpaired) electrons. The van der Waals surface area contributed by atoms with Gasteiger partial charge in [0.1, 0.15) is 3.36 Å². The maximum atomic E-state index is 3.71. The fraction of sp³-hybridized carbons (Fsp3) is 0.250. The van der Waals surface area contributed by atoms with Crippen LogP contribution in [0.3, 0.4) is 0 Å². The first-order chi connectivity index (χ1) is 3.50. The second kappa shape index (κ2) is 4.52. The van der Waals surface area contributed by atoms with Gasteiger partial charge >= 0.3 is 0 Å². The van der Waals surface area contributed by atoms with E-state index in [1.54, 1.807) is 0 Å². The first kappa shape index (κ1) is 10.7. The lowest BCUT2D eigenvalue weighted by molar-refractivity contribution is 1.43. The van der Waals surface area contributed by atoms with E-state index in [0.717, 1.165) is 0 Å². The summed E-state index contributed by atoms with van der Waals surface area (Å²) < 4.78 is 1.46. The highest BCUT2D eigenvalue weighted by Crippen LogP contribution is 2.46. The topological polar surface area (TPSA) is 0 Å². The lowest BCUT2D eigenvalue weighted by atomic mass is 10.5. The molecule has 0 atom stereocenters. The quantitative estimate of drug-likeness (QED) is 0.272. The minimum atomic E-state index is 0.136. The van der Waals surface area contributed by atoms with Gasteiger partial charge in [-0.05, 0) is 0 Å². The van der Waals surface area contributed by atoms with Crippen molar-refractivity contribution in [2.45, 2.75) is 1.43 Å². The van der Waals surface area contributed by atoms with Crippen LogP contribution < -0.4 is 0 Å². The largest absolute Gasteiger partial charge is 0.126 e. The van der Waals surface area contributed by atoms with E-state index in [1.807, 2.05) is 6.08 Å². The summed E-state index contributed by atoms with van der Waals surface area (Å²) in [6, 6.07) is 0. The highest BCUT2D eigenvalue weighted by Gasteiger charge is 2.25. The Bertz CT molecular complexity index is 86.0. The lowest BCUT2D eigenvalue weighted by Crippen LogP contribution is -2.06. The SMILES string of the molecule is C=CC(I)(I)[C](I)I. The Morgan fingerprint density at radius 1 is 1.38 bits per heavy atom. The smallest absolute Gasteiger partial charge is 0.101 e. The molecule has 0 aromatic heterocycles. The average Bonchev–Trinajstić information content (AvgIpc) is 1.67. The van der Waals surface area contributed by atoms with Gasteiger partial charge in [0.25, 0.3) is 0 Å². The van der Waals surface area contributed by atoms with Crippen molar-refractivity contribution < 1.29 is 0 Å². The van der Waals surface area contributed by atoms with Crippen LogP contribution in [-0.4, -0.2) is 1.43 Å². The summed E-state index contributed by atoms with van der Waals surface area (Å²) in [4.78, 5) is 0. The fourth-order valence-electron chi connectivity index (χ4n) is 0.0772. The molecular formula is C4H3I4. The standard InChI is InChI=1S/C4H3I4/c1-2-4(7,8)3(5)6/h2H,1H2. The Morgan fingerprint density at radius 3 is 1.75 bits per heavy atom. The Hall–Kier alpha value is 2.66. The lowest BCUT2D eigenvalue weighted by Gasteiger charge is -2.15. The zero-order valence-electron chi connectivity index (χ0n) is 3.80. The van der Waals surface area contributed by atoms with Crippen molar-refractivity contribution in [2.24, 2.45) is 0 Å². The molecule has 0 amide bonds. The van der Waals surface area contributed by atoms with Gasteiger partial charge in [0.2, 0.25) is 0 Å². The Morgan fingerprint density at radius 2 is 1.75 bits per heavy atom. The summed E-state index contributed by atoms with van der Waals surface area (Å²) in [6.45, 7) is 3.71. The van der Waals surface area contributed by atoms with Gasteiger partial charge in [-0.1, -0.05) is 96.4 Å². The van der Waals surface area contributed by atoms with Crippen molar-refractivity contribution in [3.63, 3.8) is 0 Å². The van der Waals surface area contributed by atoms with Crippen LogP contribution in [0.5, 0.6) is 0 Å². The molecular weight excluding hydrogens is 556 g/mol. The predicted octanol–water partition coefficient (Wildman–Crippen LogP) is 4.10. The summed E-state index contributed by atoms with van der Waals surface area (Å²) >= 11 is 9.30. The van der Waals surface area contributed by atoms with Crippen LogP contribution in [0, 0.1) is 1.93 Å². The second-order valence-electron chi connectivity index (χ2n) is 1.09. The summed E-state index contributed by atoms with van der Waals surface area (Å²) in [6.07, 6.45) is 1.93. The summed E-state index contributed by atoms with van der Waals surface area (Å²) in [5, 5.41) is 0. The number of hydrogen-bond donors (Lipinski definition) is 0. The number of halogens is 4. The molecule has 0 aliphatic rings. The Balaban J connectivity index is 3.90. The highest BCUT2D eigenvalue weighted by molar-refractivity contribution is 14.2. The fourth-order valence-corrected chi connectivity index (χ4v) is 0.518. The normalized spacial score (nSPS) is 12.1. The molecule has 0 rings (SSSR count). The zero-order valence-corrected chi connectivity index (χ0v) is 12.4. The van der Waals surface area contributed by atoms with Crippen LogP contribution >= 0.6 is 90.4 Å². The minimum Gasteiger partial charge on any atom is -0.101 e. The molecule has 0 spiro atoms. The van der Waals surface area contributed by atoms with Crippen LogP contribution in [0.15, 0.2) is 12.7 Å². The summed E-state index contributed by atoms with van der Waals surface area (Å²) in [7, 11) is 0. The van der Waals surface area contributed by atoms with Gasteiger partial charge in [0.15, 0.2) is 0 Å². The summed E-state index contributed by atoms with van der Waals surface area (Å²) in [5.41, 5.74) is 0. The molecule has 0 nitrogen and oxygen atoms in total. The van der Waals surface area contributed by atoms with Crippen LogP contribution in [0.25, 0.3) is 0 Å². The number of alkyl halides is 2. The molecule has 0 saturated carbocycles. The molecule has 0 aliphatic carbocycles. The number of rotatable bonds is 2. The molecule has 0 aliphatic heterocycles. The van der Waals surface area contributed by atoms with Gasteiger partial charge in [-0.2, -0.15) is 0 Å². The van der Waals surface area contributed by atoms with Crippen LogP contribution in [0.2, 0.25) is 0 Å². The zero-order chi connectivity index (χ0) is 6.78. The van der Waals surface area contributed by atoms with E-state index in [1.165, 1.54) is 1.93 Å². The molecule has 0 saturated heterocycles. The van der Waals surface area contributed by atoms with Gasteiger partial charge in [-0.15, -0.1) is 6.58 Å². The molecule has 0 N–H and O–H groups in total. The van der Waals surface area contributed by atoms with E-state index in [4.69, 9.17) is 0 Å². The van der Waals surface area contributed by atoms with E-state index in [0.29, 0.717) is 0 Å². The molecule has 8 heavy (non-hydrogen) atoms. The third-order valence-corrected chi connectivity index (χ3v) is 8.30. The van der Waals surface area contributed by atoms with Gasteiger partial charge in [0, 0.05) is 0 Å². The number of hydrogen-bond acceptors (Lipinski definition) is 0. The van der Waals surface area contributed by atoms with Crippen LogP contribution in [-0.2, 0) is 0 Å². The van der Waals surface area contributed by atoms with Crippen LogP contribution in [0.4, 0.5) is 0 Å². The van der Waals surface area contributed by atoms with E-state index in [-0.39, 0.29) is 1.43 Å². The third-order valence-electron chi connectivity index (χ3n) is 0.508. The summed E-state index contributed by atoms with van der Waals surface area (Å²) in [5.74, 6) is 0. The average molecular weight is 559 g/mol. The first-order valence-corrected chi connectivity index (χ1v) is 6.02. The molecule has 0 fully saturated rings. The van der Waals surface area contributed by atoms with E-state index in [9.17, 15) is 0 Å². The first-order valence-electron chi connectivity index (χ1n) is 1.70. The van der Waals surface area contributed by atoms with Gasteiger partial charge < -0.3 is 0 Å². The minimum absolute atomic E-state index is 0.136. The van der Waals surface area contributed by atoms with Gasteiger partial charge in [-0.3, -0.25) is 0 Å². The highest BCUT2D eigenvalue weighted by atomic mass is 127. The maximum Gasteiger partial charge on any atom is 0.126 e. The molecule has 0 unspecified atom stereocenters. The second-order valence-corrected chi connectivity index (χ2v) is 10.8. The van der Waals surface area contributed by atoms with Crippen molar-refractivity contribution >= 4 is 90.4 Å². The monoisotopic (exact) mass is 559 g/mol.